The van der Waals surface area contributed by atoms with Crippen molar-refractivity contribution >= 4 is 27.3 Å². The summed E-state index contributed by atoms with van der Waals surface area (Å²) in [6, 6.07) is 3.37. The van der Waals surface area contributed by atoms with Crippen LogP contribution in [0.3, 0.4) is 0 Å². The second-order valence-corrected chi connectivity index (χ2v) is 6.25. The van der Waals surface area contributed by atoms with Crippen LogP contribution in [0.5, 0.6) is 0 Å². The molecule has 0 saturated heterocycles. The molecule has 0 saturated carbocycles. The lowest BCUT2D eigenvalue weighted by atomic mass is 10.3. The van der Waals surface area contributed by atoms with E-state index in [1.165, 1.54) is 12.1 Å². The van der Waals surface area contributed by atoms with Crippen LogP contribution in [0.15, 0.2) is 23.1 Å². The van der Waals surface area contributed by atoms with Gasteiger partial charge in [0.05, 0.1) is 9.82 Å². The van der Waals surface area contributed by atoms with Crippen molar-refractivity contribution in [2.24, 2.45) is 0 Å². The molecule has 0 aliphatic heterocycles. The zero-order chi connectivity index (χ0) is 14.6. The van der Waals surface area contributed by atoms with E-state index in [1.807, 2.05) is 4.90 Å². The van der Waals surface area contributed by atoms with Gasteiger partial charge in [0.1, 0.15) is 5.02 Å². The molecule has 0 atom stereocenters. The Morgan fingerprint density at radius 3 is 2.58 bits per heavy atom. The molecule has 1 N–H and O–H groups in total. The molecule has 0 heterocycles. The summed E-state index contributed by atoms with van der Waals surface area (Å²) in [5.74, 6) is 0. The van der Waals surface area contributed by atoms with Gasteiger partial charge in [-0.25, -0.2) is 13.1 Å². The fourth-order valence-electron chi connectivity index (χ4n) is 1.29. The number of benzene rings is 1. The number of halogens is 1. The fourth-order valence-corrected chi connectivity index (χ4v) is 2.51. The highest BCUT2D eigenvalue weighted by atomic mass is 35.5. The summed E-state index contributed by atoms with van der Waals surface area (Å²) in [6.45, 7) is 0.737. The Morgan fingerprint density at radius 1 is 1.42 bits per heavy atom. The van der Waals surface area contributed by atoms with Crippen molar-refractivity contribution in [3.8, 4) is 0 Å². The number of hydrogen-bond acceptors (Lipinski definition) is 5. The molecule has 0 unspecified atom stereocenters. The van der Waals surface area contributed by atoms with Gasteiger partial charge in [-0.05, 0) is 26.2 Å². The van der Waals surface area contributed by atoms with E-state index in [1.54, 1.807) is 14.1 Å². The van der Waals surface area contributed by atoms with Crippen LogP contribution in [0.2, 0.25) is 5.02 Å². The molecule has 1 aromatic carbocycles. The summed E-state index contributed by atoms with van der Waals surface area (Å²) in [5.41, 5.74) is -0.433. The van der Waals surface area contributed by atoms with Crippen molar-refractivity contribution in [1.29, 1.82) is 0 Å². The average Bonchev–Trinajstić information content (AvgIpc) is 2.27. The van der Waals surface area contributed by atoms with Gasteiger partial charge in [0, 0.05) is 19.2 Å². The minimum absolute atomic E-state index is 0.0998. The smallest absolute Gasteiger partial charge is 0.289 e. The first-order chi connectivity index (χ1) is 8.74. The van der Waals surface area contributed by atoms with E-state index in [0.717, 1.165) is 6.07 Å². The molecule has 106 valence electrons. The van der Waals surface area contributed by atoms with Gasteiger partial charge in [0.2, 0.25) is 10.0 Å². The highest BCUT2D eigenvalue weighted by Gasteiger charge is 2.20. The predicted molar refractivity (Wildman–Crippen MR) is 71.8 cm³/mol. The summed E-state index contributed by atoms with van der Waals surface area (Å²) < 4.78 is 26.2. The van der Waals surface area contributed by atoms with Crippen LogP contribution < -0.4 is 4.72 Å². The van der Waals surface area contributed by atoms with Crippen molar-refractivity contribution in [3.63, 3.8) is 0 Å². The lowest BCUT2D eigenvalue weighted by molar-refractivity contribution is -0.384. The standard InChI is InChI=1S/C10H14ClN3O4S/c1-13(2)6-5-12-19(17,18)8-3-4-9(11)10(7-8)14(15)16/h3-4,7,12H,5-6H2,1-2H3. The maximum absolute atomic E-state index is 11.9. The van der Waals surface area contributed by atoms with Crippen LogP contribution in [0.4, 0.5) is 5.69 Å². The number of nitro benzene ring substituents is 1. The second-order valence-electron chi connectivity index (χ2n) is 4.07. The highest BCUT2D eigenvalue weighted by Crippen LogP contribution is 2.26. The van der Waals surface area contributed by atoms with Crippen LogP contribution in [0.25, 0.3) is 0 Å². The van der Waals surface area contributed by atoms with E-state index < -0.39 is 20.6 Å². The summed E-state index contributed by atoms with van der Waals surface area (Å²) in [5, 5.41) is 10.6. The van der Waals surface area contributed by atoms with E-state index in [9.17, 15) is 18.5 Å². The Kier molecular flexibility index (Phi) is 5.24. The van der Waals surface area contributed by atoms with E-state index >= 15 is 0 Å². The molecule has 19 heavy (non-hydrogen) atoms. The van der Waals surface area contributed by atoms with Gasteiger partial charge in [-0.1, -0.05) is 11.6 Å². The Hall–Kier alpha value is -1.22. The second kappa shape index (κ2) is 6.29. The van der Waals surface area contributed by atoms with E-state index in [0.29, 0.717) is 6.54 Å². The largest absolute Gasteiger partial charge is 0.308 e. The minimum Gasteiger partial charge on any atom is -0.308 e. The number of hydrogen-bond donors (Lipinski definition) is 1. The monoisotopic (exact) mass is 307 g/mol. The third kappa shape index (κ3) is 4.43. The fraction of sp³-hybridized carbons (Fsp3) is 0.400. The molecule has 1 rings (SSSR count). The van der Waals surface area contributed by atoms with Gasteiger partial charge in [0.15, 0.2) is 0 Å². The van der Waals surface area contributed by atoms with Crippen molar-refractivity contribution in [1.82, 2.24) is 9.62 Å². The van der Waals surface area contributed by atoms with Gasteiger partial charge in [-0.2, -0.15) is 0 Å². The molecular formula is C10H14ClN3O4S. The first-order valence-corrected chi connectivity index (χ1v) is 7.18. The Bertz CT molecular complexity index is 574. The van der Waals surface area contributed by atoms with Crippen LogP contribution in [0, 0.1) is 10.1 Å². The number of sulfonamides is 1. The van der Waals surface area contributed by atoms with Crippen LogP contribution in [0.1, 0.15) is 0 Å². The topological polar surface area (TPSA) is 92.6 Å². The van der Waals surface area contributed by atoms with Crippen molar-refractivity contribution in [3.05, 3.63) is 33.3 Å². The van der Waals surface area contributed by atoms with Crippen molar-refractivity contribution < 1.29 is 13.3 Å². The maximum atomic E-state index is 11.9. The van der Waals surface area contributed by atoms with Gasteiger partial charge in [-0.15, -0.1) is 0 Å². The Morgan fingerprint density at radius 2 is 2.05 bits per heavy atom. The lowest BCUT2D eigenvalue weighted by Gasteiger charge is -2.11. The summed E-state index contributed by atoms with van der Waals surface area (Å²) in [6.07, 6.45) is 0. The highest BCUT2D eigenvalue weighted by molar-refractivity contribution is 7.89. The molecule has 0 aliphatic carbocycles. The van der Waals surface area contributed by atoms with E-state index in [-0.39, 0.29) is 16.5 Å². The quantitative estimate of drug-likeness (QED) is 0.627. The molecule has 1 aromatic rings. The lowest BCUT2D eigenvalue weighted by Crippen LogP contribution is -2.31. The first kappa shape index (κ1) is 15.8. The molecule has 0 aliphatic rings. The van der Waals surface area contributed by atoms with Gasteiger partial charge >= 0.3 is 0 Å². The zero-order valence-corrected chi connectivity index (χ0v) is 12.0. The molecule has 0 spiro atoms. The normalized spacial score (nSPS) is 11.8. The number of nitrogens with one attached hydrogen (secondary N) is 1. The van der Waals surface area contributed by atoms with E-state index in [4.69, 9.17) is 11.6 Å². The third-order valence-electron chi connectivity index (χ3n) is 2.28. The predicted octanol–water partition coefficient (Wildman–Crippen LogP) is 1.09. The molecule has 0 amide bonds. The number of nitrogens with zero attached hydrogens (tertiary/aromatic N) is 2. The molecular weight excluding hydrogens is 294 g/mol. The molecule has 9 heteroatoms. The summed E-state index contributed by atoms with van der Waals surface area (Å²) in [7, 11) is -0.155. The minimum atomic E-state index is -3.77. The van der Waals surface area contributed by atoms with E-state index in [2.05, 4.69) is 4.72 Å². The number of likely N-dealkylation sites (N-methyl/N-ethyl adjacent to an activating group) is 1. The van der Waals surface area contributed by atoms with Crippen LogP contribution in [-0.2, 0) is 10.0 Å². The summed E-state index contributed by atoms with van der Waals surface area (Å²) >= 11 is 5.62. The number of nitro groups is 1. The molecule has 7 nitrogen and oxygen atoms in total. The SMILES string of the molecule is CN(C)CCNS(=O)(=O)c1ccc(Cl)c([N+](=O)[O-])c1. The maximum Gasteiger partial charge on any atom is 0.289 e. The zero-order valence-electron chi connectivity index (χ0n) is 10.5. The summed E-state index contributed by atoms with van der Waals surface area (Å²) in [4.78, 5) is 11.6. The Balaban J connectivity index is 2.96. The van der Waals surface area contributed by atoms with Crippen molar-refractivity contribution in [2.45, 2.75) is 4.90 Å². The van der Waals surface area contributed by atoms with Crippen LogP contribution in [-0.4, -0.2) is 45.4 Å². The average molecular weight is 308 g/mol. The molecule has 0 aromatic heterocycles. The van der Waals surface area contributed by atoms with Gasteiger partial charge in [0.25, 0.3) is 5.69 Å². The van der Waals surface area contributed by atoms with Crippen molar-refractivity contribution in [2.75, 3.05) is 27.2 Å². The molecule has 0 radical (unpaired) electrons. The first-order valence-electron chi connectivity index (χ1n) is 5.32. The molecule has 0 fully saturated rings. The Labute approximate surface area is 116 Å². The van der Waals surface area contributed by atoms with Crippen LogP contribution >= 0.6 is 11.6 Å². The molecule has 0 bridgehead atoms. The van der Waals surface area contributed by atoms with Gasteiger partial charge < -0.3 is 4.90 Å². The third-order valence-corrected chi connectivity index (χ3v) is 4.05. The number of rotatable bonds is 6. The van der Waals surface area contributed by atoms with Gasteiger partial charge in [-0.3, -0.25) is 10.1 Å².